The fourth-order valence-electron chi connectivity index (χ4n) is 2.26. The molecule has 0 aliphatic carbocycles. The van der Waals surface area contributed by atoms with E-state index in [0.29, 0.717) is 11.5 Å². The second-order valence-corrected chi connectivity index (χ2v) is 6.46. The van der Waals surface area contributed by atoms with Crippen LogP contribution in [0.25, 0.3) is 11.4 Å². The third-order valence-electron chi connectivity index (χ3n) is 3.52. The van der Waals surface area contributed by atoms with E-state index in [1.165, 1.54) is 11.3 Å². The maximum Gasteiger partial charge on any atom is 0.330 e. The van der Waals surface area contributed by atoms with Crippen LogP contribution in [0.4, 0.5) is 5.69 Å². The van der Waals surface area contributed by atoms with Crippen molar-refractivity contribution in [2.45, 2.75) is 20.4 Å². The number of nitrogens with zero attached hydrogens (tertiary/aromatic N) is 4. The molecule has 0 fully saturated rings. The average molecular weight is 371 g/mol. The molecule has 1 N–H and O–H groups in total. The number of aryl methyl sites for hydroxylation is 2. The Kier molecular flexibility index (Phi) is 5.37. The van der Waals surface area contributed by atoms with Gasteiger partial charge in [0.15, 0.2) is 13.2 Å². The van der Waals surface area contributed by atoms with Crippen LogP contribution in [0, 0.1) is 13.8 Å². The van der Waals surface area contributed by atoms with E-state index in [1.807, 2.05) is 48.9 Å². The Morgan fingerprint density at radius 3 is 2.85 bits per heavy atom. The lowest BCUT2D eigenvalue weighted by Gasteiger charge is -2.09. The van der Waals surface area contributed by atoms with Gasteiger partial charge >= 0.3 is 5.97 Å². The van der Waals surface area contributed by atoms with Gasteiger partial charge in [0.2, 0.25) is 5.82 Å². The topological polar surface area (TPSA) is 99.0 Å². The van der Waals surface area contributed by atoms with E-state index in [1.54, 1.807) is 0 Å². The Labute approximate surface area is 153 Å². The zero-order valence-electron chi connectivity index (χ0n) is 14.3. The number of carbonyl (C=O) groups excluding carboxylic acids is 2. The van der Waals surface area contributed by atoms with Crippen LogP contribution in [0.5, 0.6) is 0 Å². The number of thiophene rings is 1. The number of hydrogen-bond acceptors (Lipinski definition) is 7. The summed E-state index contributed by atoms with van der Waals surface area (Å²) < 4.78 is 4.97. The summed E-state index contributed by atoms with van der Waals surface area (Å²) >= 11 is 1.52. The number of aromatic nitrogens is 4. The van der Waals surface area contributed by atoms with Crippen LogP contribution in [0.2, 0.25) is 0 Å². The molecule has 9 heteroatoms. The maximum absolute atomic E-state index is 11.9. The second kappa shape index (κ2) is 7.87. The minimum atomic E-state index is -0.616. The van der Waals surface area contributed by atoms with Crippen molar-refractivity contribution in [2.75, 3.05) is 11.9 Å². The number of amides is 1. The number of tetrazole rings is 1. The molecule has 0 aliphatic rings. The number of carbonyl (C=O) groups is 2. The zero-order valence-corrected chi connectivity index (χ0v) is 15.1. The van der Waals surface area contributed by atoms with E-state index in [9.17, 15) is 9.59 Å². The summed E-state index contributed by atoms with van der Waals surface area (Å²) in [7, 11) is 0. The van der Waals surface area contributed by atoms with Crippen LogP contribution in [-0.2, 0) is 20.9 Å². The first-order valence-electron chi connectivity index (χ1n) is 7.84. The van der Waals surface area contributed by atoms with Crippen LogP contribution in [-0.4, -0.2) is 38.7 Å². The number of rotatable bonds is 6. The molecule has 0 bridgehead atoms. The summed E-state index contributed by atoms with van der Waals surface area (Å²) in [5.74, 6) is -0.586. The Morgan fingerprint density at radius 2 is 2.12 bits per heavy atom. The molecule has 3 aromatic rings. The van der Waals surface area contributed by atoms with Gasteiger partial charge in [-0.1, -0.05) is 17.7 Å². The Morgan fingerprint density at radius 1 is 1.27 bits per heavy atom. The number of esters is 1. The van der Waals surface area contributed by atoms with Crippen LogP contribution >= 0.6 is 11.3 Å². The predicted molar refractivity (Wildman–Crippen MR) is 96.6 cm³/mol. The highest BCUT2D eigenvalue weighted by molar-refractivity contribution is 7.08. The van der Waals surface area contributed by atoms with Gasteiger partial charge in [-0.05, 0) is 42.1 Å². The maximum atomic E-state index is 11.9. The largest absolute Gasteiger partial charge is 0.454 e. The summed E-state index contributed by atoms with van der Waals surface area (Å²) in [5, 5.41) is 18.3. The van der Waals surface area contributed by atoms with Gasteiger partial charge in [-0.25, -0.2) is 4.79 Å². The van der Waals surface area contributed by atoms with Crippen molar-refractivity contribution in [3.8, 4) is 11.4 Å². The van der Waals surface area contributed by atoms with Crippen molar-refractivity contribution < 1.29 is 14.3 Å². The predicted octanol–water partition coefficient (Wildman–Crippen LogP) is 2.20. The molecular weight excluding hydrogens is 354 g/mol. The van der Waals surface area contributed by atoms with Crippen LogP contribution in [0.3, 0.4) is 0 Å². The lowest BCUT2D eigenvalue weighted by molar-refractivity contribution is -0.148. The molecule has 0 aliphatic heterocycles. The van der Waals surface area contributed by atoms with Gasteiger partial charge in [-0.3, -0.25) is 4.79 Å². The smallest absolute Gasteiger partial charge is 0.330 e. The third kappa shape index (κ3) is 4.51. The molecule has 2 heterocycles. The van der Waals surface area contributed by atoms with E-state index < -0.39 is 11.9 Å². The normalized spacial score (nSPS) is 10.5. The third-order valence-corrected chi connectivity index (χ3v) is 4.21. The summed E-state index contributed by atoms with van der Waals surface area (Å²) in [5.41, 5.74) is 3.57. The Balaban J connectivity index is 1.48. The number of hydrogen-bond donors (Lipinski definition) is 1. The first-order valence-corrected chi connectivity index (χ1v) is 8.78. The van der Waals surface area contributed by atoms with Gasteiger partial charge in [0, 0.05) is 16.6 Å². The van der Waals surface area contributed by atoms with Crippen molar-refractivity contribution in [3.05, 3.63) is 46.2 Å². The molecule has 0 unspecified atom stereocenters. The number of anilines is 1. The molecule has 1 amide bonds. The highest BCUT2D eigenvalue weighted by Gasteiger charge is 2.13. The molecule has 0 saturated carbocycles. The number of benzene rings is 1. The lowest BCUT2D eigenvalue weighted by atomic mass is 10.1. The molecular formula is C17H17N5O3S. The van der Waals surface area contributed by atoms with E-state index in [0.717, 1.165) is 21.5 Å². The second-order valence-electron chi connectivity index (χ2n) is 5.68. The van der Waals surface area contributed by atoms with Crippen molar-refractivity contribution >= 4 is 28.9 Å². The number of ether oxygens (including phenoxy) is 1. The monoisotopic (exact) mass is 371 g/mol. The first kappa shape index (κ1) is 17.7. The molecule has 0 radical (unpaired) electrons. The van der Waals surface area contributed by atoms with E-state index >= 15 is 0 Å². The van der Waals surface area contributed by atoms with Crippen LogP contribution < -0.4 is 5.32 Å². The molecule has 2 aromatic heterocycles. The van der Waals surface area contributed by atoms with E-state index in [-0.39, 0.29) is 13.2 Å². The minimum absolute atomic E-state index is 0.214. The first-order chi connectivity index (χ1) is 12.5. The highest BCUT2D eigenvalue weighted by atomic mass is 32.1. The molecule has 0 saturated heterocycles. The molecule has 0 spiro atoms. The van der Waals surface area contributed by atoms with E-state index in [4.69, 9.17) is 4.74 Å². The van der Waals surface area contributed by atoms with Crippen LogP contribution in [0.1, 0.15) is 11.1 Å². The van der Waals surface area contributed by atoms with Gasteiger partial charge < -0.3 is 10.1 Å². The molecule has 1 aromatic carbocycles. The Hall–Kier alpha value is -3.07. The van der Waals surface area contributed by atoms with Gasteiger partial charge in [-0.15, -0.1) is 10.2 Å². The molecule has 0 atom stereocenters. The van der Waals surface area contributed by atoms with Crippen molar-refractivity contribution in [3.63, 3.8) is 0 Å². The van der Waals surface area contributed by atoms with Gasteiger partial charge in [0.05, 0.1) is 0 Å². The summed E-state index contributed by atoms with van der Waals surface area (Å²) in [6.45, 7) is 3.28. The summed E-state index contributed by atoms with van der Waals surface area (Å²) in [6.07, 6.45) is 0. The molecule has 3 rings (SSSR count). The number of nitrogens with one attached hydrogen (secondary N) is 1. The molecule has 26 heavy (non-hydrogen) atoms. The van der Waals surface area contributed by atoms with Crippen molar-refractivity contribution in [1.82, 2.24) is 20.2 Å². The lowest BCUT2D eigenvalue weighted by Crippen LogP contribution is -2.24. The standard InChI is InChI=1S/C17H17N5O3S/c1-11-3-4-14(12(2)7-11)18-15(23)9-25-16(24)8-22-20-17(19-21-22)13-5-6-26-10-13/h3-7,10H,8-9H2,1-2H3,(H,18,23). The van der Waals surface area contributed by atoms with Crippen molar-refractivity contribution in [2.24, 2.45) is 0 Å². The van der Waals surface area contributed by atoms with Gasteiger partial charge in [-0.2, -0.15) is 16.1 Å². The average Bonchev–Trinajstić information content (AvgIpc) is 3.27. The molecule has 134 valence electrons. The van der Waals surface area contributed by atoms with E-state index in [2.05, 4.69) is 20.7 Å². The minimum Gasteiger partial charge on any atom is -0.454 e. The fourth-order valence-corrected chi connectivity index (χ4v) is 2.90. The van der Waals surface area contributed by atoms with Gasteiger partial charge in [0.1, 0.15) is 0 Å². The Bertz CT molecular complexity index is 920. The van der Waals surface area contributed by atoms with Crippen LogP contribution in [0.15, 0.2) is 35.0 Å². The van der Waals surface area contributed by atoms with Crippen molar-refractivity contribution in [1.29, 1.82) is 0 Å². The zero-order chi connectivity index (χ0) is 18.5. The summed E-state index contributed by atoms with van der Waals surface area (Å²) in [6, 6.07) is 7.54. The highest BCUT2D eigenvalue weighted by Crippen LogP contribution is 2.17. The van der Waals surface area contributed by atoms with Gasteiger partial charge in [0.25, 0.3) is 5.91 Å². The SMILES string of the molecule is Cc1ccc(NC(=O)COC(=O)Cn2nnc(-c3ccsc3)n2)c(C)c1. The quantitative estimate of drug-likeness (QED) is 0.667. The fraction of sp³-hybridized carbons (Fsp3) is 0.235. The summed E-state index contributed by atoms with van der Waals surface area (Å²) in [4.78, 5) is 24.9. The molecule has 8 nitrogen and oxygen atoms in total.